The molecule has 2 rings (SSSR count). The molecular formula is C9H11N3O. The lowest BCUT2D eigenvalue weighted by molar-refractivity contribution is 0.415. The molecule has 13 heavy (non-hydrogen) atoms. The second-order valence-corrected chi connectivity index (χ2v) is 2.92. The third-order valence-corrected chi connectivity index (χ3v) is 2.11. The topological polar surface area (TPSA) is 53.1 Å². The SMILES string of the molecule is COc1cc(N)c2cnn(C)c2c1. The summed E-state index contributed by atoms with van der Waals surface area (Å²) in [5.41, 5.74) is 7.49. The van der Waals surface area contributed by atoms with Crippen molar-refractivity contribution in [2.45, 2.75) is 0 Å². The van der Waals surface area contributed by atoms with Crippen molar-refractivity contribution in [1.29, 1.82) is 0 Å². The molecule has 68 valence electrons. The standard InChI is InChI=1S/C9H11N3O/c1-12-9-4-6(13-2)3-8(10)7(9)5-11-12/h3-5H,10H2,1-2H3. The first-order valence-electron chi connectivity index (χ1n) is 3.97. The van der Waals surface area contributed by atoms with E-state index in [-0.39, 0.29) is 0 Å². The van der Waals surface area contributed by atoms with Crippen LogP contribution in [0.4, 0.5) is 5.69 Å². The van der Waals surface area contributed by atoms with Gasteiger partial charge in [0.15, 0.2) is 0 Å². The quantitative estimate of drug-likeness (QED) is 0.665. The van der Waals surface area contributed by atoms with E-state index in [0.29, 0.717) is 5.69 Å². The number of aryl methyl sites for hydroxylation is 1. The summed E-state index contributed by atoms with van der Waals surface area (Å²) in [7, 11) is 3.50. The maximum atomic E-state index is 5.81. The minimum absolute atomic E-state index is 0.697. The van der Waals surface area contributed by atoms with Crippen LogP contribution < -0.4 is 10.5 Å². The van der Waals surface area contributed by atoms with Gasteiger partial charge in [0.2, 0.25) is 0 Å². The number of rotatable bonds is 1. The molecule has 1 aromatic carbocycles. The number of benzene rings is 1. The van der Waals surface area contributed by atoms with Gasteiger partial charge in [-0.1, -0.05) is 0 Å². The van der Waals surface area contributed by atoms with E-state index in [9.17, 15) is 0 Å². The Hall–Kier alpha value is -1.71. The Kier molecular flexibility index (Phi) is 1.62. The molecular weight excluding hydrogens is 166 g/mol. The van der Waals surface area contributed by atoms with Crippen molar-refractivity contribution >= 4 is 16.6 Å². The average molecular weight is 177 g/mol. The Morgan fingerprint density at radius 2 is 2.23 bits per heavy atom. The fraction of sp³-hybridized carbons (Fsp3) is 0.222. The average Bonchev–Trinajstić information content (AvgIpc) is 2.48. The minimum Gasteiger partial charge on any atom is -0.497 e. The fourth-order valence-electron chi connectivity index (χ4n) is 1.37. The first-order valence-corrected chi connectivity index (χ1v) is 3.97. The van der Waals surface area contributed by atoms with Crippen LogP contribution in [0.15, 0.2) is 18.3 Å². The molecule has 0 saturated carbocycles. The first-order chi connectivity index (χ1) is 6.22. The summed E-state index contributed by atoms with van der Waals surface area (Å²) in [4.78, 5) is 0. The van der Waals surface area contributed by atoms with Gasteiger partial charge < -0.3 is 10.5 Å². The van der Waals surface area contributed by atoms with E-state index in [1.54, 1.807) is 24.1 Å². The van der Waals surface area contributed by atoms with E-state index in [1.165, 1.54) is 0 Å². The number of nitrogen functional groups attached to an aromatic ring is 1. The summed E-state index contributed by atoms with van der Waals surface area (Å²) in [6.45, 7) is 0. The Morgan fingerprint density at radius 3 is 2.92 bits per heavy atom. The Labute approximate surface area is 75.9 Å². The van der Waals surface area contributed by atoms with Crippen LogP contribution in [-0.2, 0) is 7.05 Å². The molecule has 0 saturated heterocycles. The summed E-state index contributed by atoms with van der Waals surface area (Å²) < 4.78 is 6.88. The molecule has 0 amide bonds. The lowest BCUT2D eigenvalue weighted by atomic mass is 10.2. The van der Waals surface area contributed by atoms with Crippen molar-refractivity contribution in [3.8, 4) is 5.75 Å². The summed E-state index contributed by atoms with van der Waals surface area (Å²) >= 11 is 0. The second kappa shape index (κ2) is 2.65. The third-order valence-electron chi connectivity index (χ3n) is 2.11. The van der Waals surface area contributed by atoms with Gasteiger partial charge in [0.1, 0.15) is 5.75 Å². The highest BCUT2D eigenvalue weighted by molar-refractivity contribution is 5.91. The monoisotopic (exact) mass is 177 g/mol. The zero-order chi connectivity index (χ0) is 9.42. The summed E-state index contributed by atoms with van der Waals surface area (Å²) in [5.74, 6) is 0.758. The van der Waals surface area contributed by atoms with Crippen LogP contribution in [-0.4, -0.2) is 16.9 Å². The van der Waals surface area contributed by atoms with Crippen molar-refractivity contribution in [2.75, 3.05) is 12.8 Å². The first kappa shape index (κ1) is 7.91. The van der Waals surface area contributed by atoms with Crippen LogP contribution in [0.2, 0.25) is 0 Å². The number of nitrogens with two attached hydrogens (primary N) is 1. The molecule has 0 bridgehead atoms. The van der Waals surface area contributed by atoms with E-state index < -0.39 is 0 Å². The van der Waals surface area contributed by atoms with Crippen LogP contribution >= 0.6 is 0 Å². The van der Waals surface area contributed by atoms with Crippen molar-refractivity contribution in [3.05, 3.63) is 18.3 Å². The minimum atomic E-state index is 0.697. The van der Waals surface area contributed by atoms with E-state index in [2.05, 4.69) is 5.10 Å². The van der Waals surface area contributed by atoms with Crippen LogP contribution in [0, 0.1) is 0 Å². The number of methoxy groups -OCH3 is 1. The highest BCUT2D eigenvalue weighted by atomic mass is 16.5. The highest BCUT2D eigenvalue weighted by Crippen LogP contribution is 2.26. The van der Waals surface area contributed by atoms with Crippen molar-refractivity contribution in [2.24, 2.45) is 7.05 Å². The van der Waals surface area contributed by atoms with Crippen molar-refractivity contribution in [1.82, 2.24) is 9.78 Å². The van der Waals surface area contributed by atoms with Crippen LogP contribution in [0.1, 0.15) is 0 Å². The molecule has 2 N–H and O–H groups in total. The summed E-state index contributed by atoms with van der Waals surface area (Å²) in [6, 6.07) is 3.71. The Bertz CT molecular complexity index is 447. The Balaban J connectivity index is 2.80. The molecule has 0 fully saturated rings. The highest BCUT2D eigenvalue weighted by Gasteiger charge is 2.05. The molecule has 0 aliphatic rings. The van der Waals surface area contributed by atoms with Crippen LogP contribution in [0.25, 0.3) is 10.9 Å². The maximum Gasteiger partial charge on any atom is 0.123 e. The molecule has 0 atom stereocenters. The molecule has 1 heterocycles. The predicted molar refractivity (Wildman–Crippen MR) is 51.7 cm³/mol. The molecule has 0 radical (unpaired) electrons. The van der Waals surface area contributed by atoms with E-state index in [0.717, 1.165) is 16.7 Å². The molecule has 4 heteroatoms. The van der Waals surface area contributed by atoms with E-state index in [4.69, 9.17) is 10.5 Å². The number of ether oxygens (including phenoxy) is 1. The largest absolute Gasteiger partial charge is 0.497 e. The van der Waals surface area contributed by atoms with Gasteiger partial charge in [0.05, 0.1) is 18.8 Å². The van der Waals surface area contributed by atoms with E-state index >= 15 is 0 Å². The van der Waals surface area contributed by atoms with E-state index in [1.807, 2.05) is 13.1 Å². The number of hydrogen-bond acceptors (Lipinski definition) is 3. The molecule has 4 nitrogen and oxygen atoms in total. The lowest BCUT2D eigenvalue weighted by Crippen LogP contribution is -1.92. The summed E-state index contributed by atoms with van der Waals surface area (Å²) in [6.07, 6.45) is 1.75. The lowest BCUT2D eigenvalue weighted by Gasteiger charge is -2.02. The van der Waals surface area contributed by atoms with Gasteiger partial charge >= 0.3 is 0 Å². The molecule has 1 aromatic heterocycles. The zero-order valence-corrected chi connectivity index (χ0v) is 7.61. The zero-order valence-electron chi connectivity index (χ0n) is 7.61. The van der Waals surface area contributed by atoms with Gasteiger partial charge in [0, 0.05) is 30.3 Å². The third kappa shape index (κ3) is 1.11. The van der Waals surface area contributed by atoms with Gasteiger partial charge in [0.25, 0.3) is 0 Å². The summed E-state index contributed by atoms with van der Waals surface area (Å²) in [5, 5.41) is 5.07. The normalized spacial score (nSPS) is 10.6. The molecule has 0 aliphatic heterocycles. The molecule has 0 unspecified atom stereocenters. The van der Waals surface area contributed by atoms with Crippen molar-refractivity contribution < 1.29 is 4.74 Å². The fourth-order valence-corrected chi connectivity index (χ4v) is 1.37. The Morgan fingerprint density at radius 1 is 1.46 bits per heavy atom. The predicted octanol–water partition coefficient (Wildman–Crippen LogP) is 1.16. The molecule has 2 aromatic rings. The van der Waals surface area contributed by atoms with Gasteiger partial charge in [-0.25, -0.2) is 0 Å². The second-order valence-electron chi connectivity index (χ2n) is 2.92. The maximum absolute atomic E-state index is 5.81. The van der Waals surface area contributed by atoms with Crippen LogP contribution in [0.3, 0.4) is 0 Å². The number of anilines is 1. The van der Waals surface area contributed by atoms with Gasteiger partial charge in [-0.3, -0.25) is 4.68 Å². The van der Waals surface area contributed by atoms with Gasteiger partial charge in [-0.15, -0.1) is 0 Å². The number of nitrogens with zero attached hydrogens (tertiary/aromatic N) is 2. The number of hydrogen-bond donors (Lipinski definition) is 1. The van der Waals surface area contributed by atoms with Crippen molar-refractivity contribution in [3.63, 3.8) is 0 Å². The molecule has 0 spiro atoms. The smallest absolute Gasteiger partial charge is 0.123 e. The van der Waals surface area contributed by atoms with Crippen LogP contribution in [0.5, 0.6) is 5.75 Å². The van der Waals surface area contributed by atoms with Gasteiger partial charge in [-0.2, -0.15) is 5.10 Å². The molecule has 0 aliphatic carbocycles. The number of fused-ring (bicyclic) bond motifs is 1. The van der Waals surface area contributed by atoms with Gasteiger partial charge in [-0.05, 0) is 0 Å². The number of aromatic nitrogens is 2.